The summed E-state index contributed by atoms with van der Waals surface area (Å²) in [6.45, 7) is 0.587. The Bertz CT molecular complexity index is 309. The molecule has 3 heteroatoms. The lowest BCUT2D eigenvalue weighted by Crippen LogP contribution is -2.46. The number of hydrogen-bond donors (Lipinski definition) is 0. The van der Waals surface area contributed by atoms with Gasteiger partial charge in [0.05, 0.1) is 12.7 Å². The summed E-state index contributed by atoms with van der Waals surface area (Å²) in [4.78, 5) is 0. The second kappa shape index (κ2) is 4.62. The van der Waals surface area contributed by atoms with Crippen LogP contribution in [0.3, 0.4) is 0 Å². The van der Waals surface area contributed by atoms with E-state index in [0.717, 1.165) is 5.56 Å². The number of hydrogen-bond acceptors (Lipinski definition) is 1. The summed E-state index contributed by atoms with van der Waals surface area (Å²) < 4.78 is 19.1. The molecule has 0 atom stereocenters. The first-order valence-corrected chi connectivity index (χ1v) is 6.24. The highest BCUT2D eigenvalue weighted by molar-refractivity contribution is 9.09. The van der Waals surface area contributed by atoms with E-state index in [9.17, 15) is 4.39 Å². The first-order chi connectivity index (χ1) is 7.22. The molecule has 0 heterocycles. The summed E-state index contributed by atoms with van der Waals surface area (Å²) >= 11 is 3.18. The van der Waals surface area contributed by atoms with Gasteiger partial charge in [0, 0.05) is 18.2 Å². The standard InChI is InChI=1S/C12H14BrFO/c13-9-12(14)6-11(7-12)15-8-10-4-2-1-3-5-10/h1-5,11H,6-9H2. The van der Waals surface area contributed by atoms with Crippen LogP contribution in [0, 0.1) is 0 Å². The third-order valence-corrected chi connectivity index (χ3v) is 3.76. The molecule has 1 fully saturated rings. The van der Waals surface area contributed by atoms with Crippen molar-refractivity contribution < 1.29 is 9.13 Å². The van der Waals surface area contributed by atoms with E-state index >= 15 is 0 Å². The molecule has 0 radical (unpaired) electrons. The van der Waals surface area contributed by atoms with Crippen LogP contribution in [0.1, 0.15) is 18.4 Å². The van der Waals surface area contributed by atoms with Gasteiger partial charge in [0.25, 0.3) is 0 Å². The van der Waals surface area contributed by atoms with E-state index in [1.54, 1.807) is 0 Å². The van der Waals surface area contributed by atoms with Gasteiger partial charge in [-0.2, -0.15) is 0 Å². The third-order valence-electron chi connectivity index (χ3n) is 2.76. The van der Waals surface area contributed by atoms with Crippen LogP contribution in [0.4, 0.5) is 4.39 Å². The van der Waals surface area contributed by atoms with Gasteiger partial charge in [0.1, 0.15) is 5.67 Å². The van der Waals surface area contributed by atoms with Gasteiger partial charge in [-0.3, -0.25) is 0 Å². The molecule has 2 rings (SSSR count). The van der Waals surface area contributed by atoms with E-state index in [4.69, 9.17) is 4.74 Å². The molecule has 1 aliphatic rings. The van der Waals surface area contributed by atoms with Gasteiger partial charge >= 0.3 is 0 Å². The van der Waals surface area contributed by atoms with Gasteiger partial charge in [0.2, 0.25) is 0 Å². The first kappa shape index (κ1) is 11.1. The van der Waals surface area contributed by atoms with Crippen molar-refractivity contribution in [1.29, 1.82) is 0 Å². The number of alkyl halides is 2. The fourth-order valence-electron chi connectivity index (χ4n) is 1.77. The fourth-order valence-corrected chi connectivity index (χ4v) is 2.23. The Hall–Kier alpha value is -0.410. The molecule has 0 N–H and O–H groups in total. The normalized spacial score (nSPS) is 29.9. The van der Waals surface area contributed by atoms with E-state index < -0.39 is 5.67 Å². The maximum atomic E-state index is 13.5. The van der Waals surface area contributed by atoms with Crippen LogP contribution < -0.4 is 0 Å². The highest BCUT2D eigenvalue weighted by Crippen LogP contribution is 2.39. The van der Waals surface area contributed by atoms with E-state index in [1.807, 2.05) is 30.3 Å². The summed E-state index contributed by atoms with van der Waals surface area (Å²) in [6.07, 6.45) is 1.13. The molecule has 1 saturated carbocycles. The van der Waals surface area contributed by atoms with Gasteiger partial charge in [0.15, 0.2) is 0 Å². The molecule has 1 aliphatic carbocycles. The van der Waals surface area contributed by atoms with Crippen molar-refractivity contribution in [2.45, 2.75) is 31.2 Å². The minimum atomic E-state index is -1.03. The predicted octanol–water partition coefficient (Wildman–Crippen LogP) is 3.47. The summed E-state index contributed by atoms with van der Waals surface area (Å²) in [5, 5.41) is 0.422. The topological polar surface area (TPSA) is 9.23 Å². The molecule has 0 amide bonds. The molecule has 0 bridgehead atoms. The fraction of sp³-hybridized carbons (Fsp3) is 0.500. The average Bonchev–Trinajstić information content (AvgIpc) is 2.24. The van der Waals surface area contributed by atoms with Crippen molar-refractivity contribution in [3.8, 4) is 0 Å². The smallest absolute Gasteiger partial charge is 0.125 e. The minimum absolute atomic E-state index is 0.0905. The van der Waals surface area contributed by atoms with E-state index in [-0.39, 0.29) is 6.10 Å². The highest BCUT2D eigenvalue weighted by atomic mass is 79.9. The molecule has 15 heavy (non-hydrogen) atoms. The minimum Gasteiger partial charge on any atom is -0.373 e. The van der Waals surface area contributed by atoms with Crippen molar-refractivity contribution in [1.82, 2.24) is 0 Å². The van der Waals surface area contributed by atoms with Crippen LogP contribution in [0.2, 0.25) is 0 Å². The SMILES string of the molecule is FC1(CBr)CC(OCc2ccccc2)C1. The Labute approximate surface area is 97.8 Å². The third kappa shape index (κ3) is 2.79. The summed E-state index contributed by atoms with van der Waals surface area (Å²) in [7, 11) is 0. The molecule has 1 aromatic rings. The van der Waals surface area contributed by atoms with Crippen LogP contribution in [0.15, 0.2) is 30.3 Å². The molecule has 1 aromatic carbocycles. The van der Waals surface area contributed by atoms with Crippen LogP contribution in [-0.4, -0.2) is 17.1 Å². The van der Waals surface area contributed by atoms with Gasteiger partial charge in [-0.25, -0.2) is 4.39 Å². The number of ether oxygens (including phenoxy) is 1. The lowest BCUT2D eigenvalue weighted by Gasteiger charge is -2.39. The molecule has 0 unspecified atom stereocenters. The van der Waals surface area contributed by atoms with E-state index in [2.05, 4.69) is 15.9 Å². The largest absolute Gasteiger partial charge is 0.373 e. The van der Waals surface area contributed by atoms with Gasteiger partial charge in [-0.1, -0.05) is 46.3 Å². The highest BCUT2D eigenvalue weighted by Gasteiger charge is 2.44. The zero-order valence-corrected chi connectivity index (χ0v) is 10.0. The monoisotopic (exact) mass is 272 g/mol. The number of rotatable bonds is 4. The second-order valence-corrected chi connectivity index (χ2v) is 4.67. The van der Waals surface area contributed by atoms with Crippen molar-refractivity contribution in [2.75, 3.05) is 5.33 Å². The second-order valence-electron chi connectivity index (χ2n) is 4.11. The van der Waals surface area contributed by atoms with E-state index in [1.165, 1.54) is 0 Å². The number of benzene rings is 1. The van der Waals surface area contributed by atoms with Gasteiger partial charge in [-0.05, 0) is 5.56 Å². The number of halogens is 2. The molecule has 1 nitrogen and oxygen atoms in total. The van der Waals surface area contributed by atoms with Crippen LogP contribution in [0.25, 0.3) is 0 Å². The van der Waals surface area contributed by atoms with Gasteiger partial charge in [-0.15, -0.1) is 0 Å². The van der Waals surface area contributed by atoms with Crippen molar-refractivity contribution in [3.05, 3.63) is 35.9 Å². The zero-order chi connectivity index (χ0) is 10.7. The van der Waals surface area contributed by atoms with Gasteiger partial charge < -0.3 is 4.74 Å². The van der Waals surface area contributed by atoms with Crippen LogP contribution >= 0.6 is 15.9 Å². The first-order valence-electron chi connectivity index (χ1n) is 5.12. The predicted molar refractivity (Wildman–Crippen MR) is 61.9 cm³/mol. The quantitative estimate of drug-likeness (QED) is 0.763. The van der Waals surface area contributed by atoms with E-state index in [0.29, 0.717) is 24.8 Å². The lowest BCUT2D eigenvalue weighted by atomic mass is 9.81. The summed E-state index contributed by atoms with van der Waals surface area (Å²) in [6, 6.07) is 9.98. The Morgan fingerprint density at radius 3 is 2.60 bits per heavy atom. The molecule has 0 spiro atoms. The molecule has 0 aromatic heterocycles. The molecule has 82 valence electrons. The van der Waals surface area contributed by atoms with Crippen LogP contribution in [0.5, 0.6) is 0 Å². The Morgan fingerprint density at radius 2 is 2.00 bits per heavy atom. The molecular formula is C12H14BrFO. The van der Waals surface area contributed by atoms with Crippen molar-refractivity contribution >= 4 is 15.9 Å². The Kier molecular flexibility index (Phi) is 3.42. The Balaban J connectivity index is 1.73. The molecule has 0 saturated heterocycles. The summed E-state index contributed by atoms with van der Waals surface area (Å²) in [5.41, 5.74) is 0.120. The maximum absolute atomic E-state index is 13.5. The summed E-state index contributed by atoms with van der Waals surface area (Å²) in [5.74, 6) is 0. The van der Waals surface area contributed by atoms with Crippen molar-refractivity contribution in [3.63, 3.8) is 0 Å². The Morgan fingerprint density at radius 1 is 1.33 bits per heavy atom. The molecular weight excluding hydrogens is 259 g/mol. The molecule has 0 aliphatic heterocycles. The lowest BCUT2D eigenvalue weighted by molar-refractivity contribution is -0.0911. The average molecular weight is 273 g/mol. The van der Waals surface area contributed by atoms with Crippen LogP contribution in [-0.2, 0) is 11.3 Å². The maximum Gasteiger partial charge on any atom is 0.125 e. The zero-order valence-electron chi connectivity index (χ0n) is 8.46. The van der Waals surface area contributed by atoms with Crippen molar-refractivity contribution in [2.24, 2.45) is 0 Å².